The number of aromatic nitrogens is 3. The van der Waals surface area contributed by atoms with Gasteiger partial charge in [-0.1, -0.05) is 0 Å². The summed E-state index contributed by atoms with van der Waals surface area (Å²) in [5, 5.41) is 15.8. The van der Waals surface area contributed by atoms with Crippen molar-refractivity contribution in [1.82, 2.24) is 19.8 Å². The van der Waals surface area contributed by atoms with Crippen molar-refractivity contribution in [2.75, 3.05) is 40.0 Å². The third-order valence-corrected chi connectivity index (χ3v) is 6.50. The van der Waals surface area contributed by atoms with Gasteiger partial charge in [-0.05, 0) is 32.0 Å². The number of likely N-dealkylation sites (tertiary alicyclic amines) is 1. The average molecular weight is 468 g/mol. The molecule has 2 aliphatic heterocycles. The first-order chi connectivity index (χ1) is 16.6. The first-order valence-electron chi connectivity index (χ1n) is 11.6. The first kappa shape index (κ1) is 22.4. The van der Waals surface area contributed by atoms with Crippen LogP contribution in [0.15, 0.2) is 41.5 Å². The summed E-state index contributed by atoms with van der Waals surface area (Å²) in [6.07, 6.45) is 5.05. The molecule has 10 heteroatoms. The maximum Gasteiger partial charge on any atom is 0.251 e. The van der Waals surface area contributed by atoms with Crippen molar-refractivity contribution < 1.29 is 18.9 Å². The summed E-state index contributed by atoms with van der Waals surface area (Å²) >= 11 is 0. The summed E-state index contributed by atoms with van der Waals surface area (Å²) in [5.41, 5.74) is 2.14. The number of nitrogens with one attached hydrogen (secondary N) is 1. The van der Waals surface area contributed by atoms with E-state index >= 15 is 0 Å². The van der Waals surface area contributed by atoms with Crippen LogP contribution in [0.25, 0.3) is 11.0 Å². The summed E-state index contributed by atoms with van der Waals surface area (Å²) in [6.45, 7) is 4.67. The molecule has 0 aromatic carbocycles. The number of hydrogen-bond acceptors (Lipinski definition) is 8. The first-order valence-corrected chi connectivity index (χ1v) is 11.6. The molecule has 2 aliphatic rings. The van der Waals surface area contributed by atoms with E-state index in [0.717, 1.165) is 48.2 Å². The van der Waals surface area contributed by atoms with Gasteiger partial charge in [-0.25, -0.2) is 0 Å². The van der Waals surface area contributed by atoms with Crippen molar-refractivity contribution in [2.24, 2.45) is 0 Å². The number of nitrogens with zero attached hydrogens (tertiary/aromatic N) is 4. The lowest BCUT2D eigenvalue weighted by molar-refractivity contribution is -0.615. The van der Waals surface area contributed by atoms with Crippen molar-refractivity contribution in [3.05, 3.63) is 57.9 Å². The van der Waals surface area contributed by atoms with Crippen LogP contribution in [0.5, 0.6) is 17.2 Å². The van der Waals surface area contributed by atoms with Gasteiger partial charge in [-0.15, -0.1) is 0 Å². The Labute approximate surface area is 197 Å². The molecule has 3 aromatic rings. The molecule has 0 unspecified atom stereocenters. The predicted molar refractivity (Wildman–Crippen MR) is 125 cm³/mol. The van der Waals surface area contributed by atoms with E-state index in [-0.39, 0.29) is 5.56 Å². The molecule has 1 fully saturated rings. The summed E-state index contributed by atoms with van der Waals surface area (Å²) in [6, 6.07) is 7.27. The van der Waals surface area contributed by atoms with Gasteiger partial charge in [0.1, 0.15) is 19.0 Å². The number of rotatable bonds is 7. The molecule has 0 atom stereocenters. The largest absolute Gasteiger partial charge is 0.618 e. The van der Waals surface area contributed by atoms with Crippen LogP contribution in [0.1, 0.15) is 18.5 Å². The third kappa shape index (κ3) is 4.78. The fourth-order valence-electron chi connectivity index (χ4n) is 4.53. The van der Waals surface area contributed by atoms with Gasteiger partial charge in [0, 0.05) is 31.3 Å². The van der Waals surface area contributed by atoms with Gasteiger partial charge in [0.25, 0.3) is 5.56 Å². The number of hydrogen-bond donors (Lipinski definition) is 1. The third-order valence-electron chi connectivity index (χ3n) is 6.50. The fourth-order valence-corrected chi connectivity index (χ4v) is 4.53. The van der Waals surface area contributed by atoms with Crippen molar-refractivity contribution in [3.63, 3.8) is 0 Å². The molecule has 0 saturated carbocycles. The second kappa shape index (κ2) is 9.86. The van der Waals surface area contributed by atoms with E-state index in [9.17, 15) is 10.0 Å². The molecule has 5 heterocycles. The van der Waals surface area contributed by atoms with Crippen molar-refractivity contribution in [2.45, 2.75) is 32.0 Å². The maximum absolute atomic E-state index is 12.5. The van der Waals surface area contributed by atoms with E-state index in [1.54, 1.807) is 36.1 Å². The highest BCUT2D eigenvalue weighted by atomic mass is 16.6. The minimum atomic E-state index is -0.0375. The Hall–Kier alpha value is -3.37. The molecule has 3 aromatic heterocycles. The molecule has 180 valence electrons. The zero-order chi connectivity index (χ0) is 23.5. The van der Waals surface area contributed by atoms with Gasteiger partial charge in [0.2, 0.25) is 17.6 Å². The van der Waals surface area contributed by atoms with Gasteiger partial charge in [-0.3, -0.25) is 9.78 Å². The van der Waals surface area contributed by atoms with Gasteiger partial charge in [0.05, 0.1) is 37.0 Å². The van der Waals surface area contributed by atoms with Crippen molar-refractivity contribution in [3.8, 4) is 17.2 Å². The maximum atomic E-state index is 12.5. The Morgan fingerprint density at radius 1 is 1.18 bits per heavy atom. The van der Waals surface area contributed by atoms with E-state index in [1.165, 1.54) is 6.20 Å². The van der Waals surface area contributed by atoms with Crippen molar-refractivity contribution in [1.29, 1.82) is 0 Å². The zero-order valence-corrected chi connectivity index (χ0v) is 19.2. The number of fused-ring (bicyclic) bond motifs is 2. The number of piperidine rings is 1. The molecule has 0 spiro atoms. The molecule has 0 radical (unpaired) electrons. The zero-order valence-electron chi connectivity index (χ0n) is 19.2. The monoisotopic (exact) mass is 467 g/mol. The molecule has 34 heavy (non-hydrogen) atoms. The Balaban J connectivity index is 1.15. The minimum absolute atomic E-state index is 0.0375. The highest BCUT2D eigenvalue weighted by molar-refractivity contribution is 5.75. The molecule has 10 nitrogen and oxygen atoms in total. The van der Waals surface area contributed by atoms with Gasteiger partial charge in [0.15, 0.2) is 5.75 Å². The lowest BCUT2D eigenvalue weighted by Crippen LogP contribution is -2.45. The summed E-state index contributed by atoms with van der Waals surface area (Å²) in [7, 11) is 1.59. The van der Waals surface area contributed by atoms with E-state index in [4.69, 9.17) is 14.2 Å². The Morgan fingerprint density at radius 2 is 1.97 bits per heavy atom. The Bertz CT molecular complexity index is 1220. The van der Waals surface area contributed by atoms with Crippen LogP contribution in [0.3, 0.4) is 0 Å². The van der Waals surface area contributed by atoms with Gasteiger partial charge < -0.3 is 34.2 Å². The summed E-state index contributed by atoms with van der Waals surface area (Å²) < 4.78 is 19.0. The smallest absolute Gasteiger partial charge is 0.251 e. The molecular weight excluding hydrogens is 438 g/mol. The Morgan fingerprint density at radius 3 is 2.76 bits per heavy atom. The normalized spacial score (nSPS) is 16.6. The fraction of sp³-hybridized carbons (Fsp3) is 0.458. The van der Waals surface area contributed by atoms with E-state index in [2.05, 4.69) is 15.2 Å². The van der Waals surface area contributed by atoms with Crippen molar-refractivity contribution >= 4 is 11.0 Å². The quantitative estimate of drug-likeness (QED) is 0.406. The molecule has 5 rings (SSSR count). The lowest BCUT2D eigenvalue weighted by Gasteiger charge is -2.32. The number of ether oxygens (including phenoxy) is 3. The number of methoxy groups -OCH3 is 1. The Kier molecular flexibility index (Phi) is 6.50. The standard InChI is InChI=1S/C24H29N5O5/c1-32-19-13-21-20(26-15-19)2-3-24(30)28(21)9-8-27-6-4-17(5-7-27)25-14-18-12-22-23(16-29(18)31)34-11-10-33-22/h2-3,12-13,15-17,25H,4-11,14H2,1H3. The van der Waals surface area contributed by atoms with Crippen LogP contribution in [-0.2, 0) is 13.1 Å². The van der Waals surface area contributed by atoms with E-state index in [1.807, 2.05) is 6.07 Å². The average Bonchev–Trinajstić information content (AvgIpc) is 2.87. The molecule has 1 saturated heterocycles. The van der Waals surface area contributed by atoms with E-state index < -0.39 is 0 Å². The van der Waals surface area contributed by atoms with Gasteiger partial charge >= 0.3 is 0 Å². The van der Waals surface area contributed by atoms with Gasteiger partial charge in [-0.2, -0.15) is 4.73 Å². The van der Waals surface area contributed by atoms with Crippen LogP contribution < -0.4 is 29.8 Å². The second-order valence-electron chi connectivity index (χ2n) is 8.62. The van der Waals surface area contributed by atoms with Crippen LogP contribution in [0.2, 0.25) is 0 Å². The van der Waals surface area contributed by atoms with E-state index in [0.29, 0.717) is 55.3 Å². The molecule has 0 bridgehead atoms. The number of pyridine rings is 3. The molecular formula is C24H29N5O5. The summed E-state index contributed by atoms with van der Waals surface area (Å²) in [4.78, 5) is 19.3. The highest BCUT2D eigenvalue weighted by Gasteiger charge is 2.22. The molecule has 0 aliphatic carbocycles. The predicted octanol–water partition coefficient (Wildman–Crippen LogP) is 1.06. The van der Waals surface area contributed by atoms with Crippen LogP contribution in [-0.4, -0.2) is 60.5 Å². The highest BCUT2D eigenvalue weighted by Crippen LogP contribution is 2.28. The summed E-state index contributed by atoms with van der Waals surface area (Å²) in [5.74, 6) is 1.76. The molecule has 1 N–H and O–H groups in total. The van der Waals surface area contributed by atoms with Crippen LogP contribution in [0, 0.1) is 5.21 Å². The second-order valence-corrected chi connectivity index (χ2v) is 8.62. The SMILES string of the molecule is COc1cnc2ccc(=O)n(CCN3CCC(NCc4cc5c(c[n+]4[O-])OCCO5)CC3)c2c1. The topological polar surface area (TPSA) is 105 Å². The molecule has 0 amide bonds. The lowest BCUT2D eigenvalue weighted by atomic mass is 10.0. The van der Waals surface area contributed by atoms with Crippen LogP contribution >= 0.6 is 0 Å². The minimum Gasteiger partial charge on any atom is -0.618 e. The van der Waals surface area contributed by atoms with Crippen LogP contribution in [0.4, 0.5) is 0 Å².